The van der Waals surface area contributed by atoms with E-state index in [0.717, 1.165) is 12.2 Å². The predicted molar refractivity (Wildman–Crippen MR) is 87.2 cm³/mol. The summed E-state index contributed by atoms with van der Waals surface area (Å²) in [6, 6.07) is 16.8. The van der Waals surface area contributed by atoms with E-state index in [-0.39, 0.29) is 5.91 Å². The number of aryl methyl sites for hydroxylation is 1. The lowest BCUT2D eigenvalue weighted by Gasteiger charge is -2.15. The van der Waals surface area contributed by atoms with E-state index < -0.39 is 0 Å². The second kappa shape index (κ2) is 7.04. The average molecular weight is 282 g/mol. The molecule has 0 aliphatic carbocycles. The van der Waals surface area contributed by atoms with Crippen LogP contribution in [0.5, 0.6) is 0 Å². The van der Waals surface area contributed by atoms with Gasteiger partial charge in [-0.2, -0.15) is 0 Å². The Balaban J connectivity index is 1.90. The highest BCUT2D eigenvalue weighted by Crippen LogP contribution is 2.15. The number of anilines is 1. The molecule has 3 heteroatoms. The highest BCUT2D eigenvalue weighted by atomic mass is 16.1. The summed E-state index contributed by atoms with van der Waals surface area (Å²) in [5, 5.41) is 6.28. The SMILES string of the molecule is CC(=O)Nc1ccc(CN[C@@H](C)c2ccc(C)cc2)cc1. The van der Waals surface area contributed by atoms with E-state index in [4.69, 9.17) is 0 Å². The number of nitrogens with one attached hydrogen (secondary N) is 2. The molecule has 0 unspecified atom stereocenters. The lowest BCUT2D eigenvalue weighted by Crippen LogP contribution is -2.18. The summed E-state index contributed by atoms with van der Waals surface area (Å²) < 4.78 is 0. The van der Waals surface area contributed by atoms with Crippen LogP contribution in [0.25, 0.3) is 0 Å². The third kappa shape index (κ3) is 4.72. The van der Waals surface area contributed by atoms with Crippen molar-refractivity contribution in [2.45, 2.75) is 33.4 Å². The van der Waals surface area contributed by atoms with E-state index >= 15 is 0 Å². The minimum absolute atomic E-state index is 0.0473. The molecule has 0 radical (unpaired) electrons. The number of rotatable bonds is 5. The maximum atomic E-state index is 11.0. The smallest absolute Gasteiger partial charge is 0.221 e. The molecule has 0 heterocycles. The van der Waals surface area contributed by atoms with Crippen molar-refractivity contribution in [2.24, 2.45) is 0 Å². The normalized spacial score (nSPS) is 12.0. The van der Waals surface area contributed by atoms with E-state index in [1.54, 1.807) is 0 Å². The van der Waals surface area contributed by atoms with Crippen molar-refractivity contribution < 1.29 is 4.79 Å². The molecule has 110 valence electrons. The van der Waals surface area contributed by atoms with Crippen LogP contribution in [0.2, 0.25) is 0 Å². The van der Waals surface area contributed by atoms with Crippen LogP contribution < -0.4 is 10.6 Å². The van der Waals surface area contributed by atoms with Crippen LogP contribution in [0.15, 0.2) is 48.5 Å². The Morgan fingerprint density at radius 3 is 2.24 bits per heavy atom. The number of benzene rings is 2. The summed E-state index contributed by atoms with van der Waals surface area (Å²) in [6.07, 6.45) is 0. The summed E-state index contributed by atoms with van der Waals surface area (Å²) in [5.74, 6) is -0.0473. The number of hydrogen-bond acceptors (Lipinski definition) is 2. The Bertz CT molecular complexity index is 588. The molecule has 0 spiro atoms. The fraction of sp³-hybridized carbons (Fsp3) is 0.278. The number of carbonyl (C=O) groups excluding carboxylic acids is 1. The zero-order valence-electron chi connectivity index (χ0n) is 12.8. The molecule has 0 aliphatic rings. The van der Waals surface area contributed by atoms with E-state index in [1.165, 1.54) is 23.6 Å². The van der Waals surface area contributed by atoms with Gasteiger partial charge in [0.15, 0.2) is 0 Å². The first-order valence-electron chi connectivity index (χ1n) is 7.21. The molecule has 0 saturated heterocycles. The molecule has 1 atom stereocenters. The zero-order chi connectivity index (χ0) is 15.2. The molecule has 3 nitrogen and oxygen atoms in total. The van der Waals surface area contributed by atoms with Crippen LogP contribution in [-0.4, -0.2) is 5.91 Å². The summed E-state index contributed by atoms with van der Waals surface area (Å²) in [6.45, 7) is 6.57. The maximum absolute atomic E-state index is 11.0. The van der Waals surface area contributed by atoms with E-state index in [1.807, 2.05) is 24.3 Å². The van der Waals surface area contributed by atoms with Crippen LogP contribution in [0.1, 0.15) is 36.6 Å². The summed E-state index contributed by atoms with van der Waals surface area (Å²) in [4.78, 5) is 11.0. The van der Waals surface area contributed by atoms with Gasteiger partial charge in [0.2, 0.25) is 5.91 Å². The molecule has 0 saturated carbocycles. The molecule has 2 N–H and O–H groups in total. The Hall–Kier alpha value is -2.13. The van der Waals surface area contributed by atoms with Crippen LogP contribution in [0.4, 0.5) is 5.69 Å². The summed E-state index contributed by atoms with van der Waals surface area (Å²) in [7, 11) is 0. The van der Waals surface area contributed by atoms with Gasteiger partial charge in [0.05, 0.1) is 0 Å². The zero-order valence-corrected chi connectivity index (χ0v) is 12.8. The minimum atomic E-state index is -0.0473. The van der Waals surface area contributed by atoms with Gasteiger partial charge < -0.3 is 10.6 Å². The fourth-order valence-electron chi connectivity index (χ4n) is 2.15. The van der Waals surface area contributed by atoms with Crippen LogP contribution >= 0.6 is 0 Å². The predicted octanol–water partition coefficient (Wildman–Crippen LogP) is 3.80. The number of carbonyl (C=O) groups is 1. The van der Waals surface area contributed by atoms with Crippen molar-refractivity contribution in [3.05, 3.63) is 65.2 Å². The largest absolute Gasteiger partial charge is 0.326 e. The van der Waals surface area contributed by atoms with Crippen LogP contribution in [-0.2, 0) is 11.3 Å². The van der Waals surface area contributed by atoms with Gasteiger partial charge in [-0.1, -0.05) is 42.0 Å². The standard InChI is InChI=1S/C18H22N2O/c1-13-4-8-17(9-5-13)14(2)19-12-16-6-10-18(11-7-16)20-15(3)21/h4-11,14,19H,12H2,1-3H3,(H,20,21)/t14-/m0/s1. The highest BCUT2D eigenvalue weighted by molar-refractivity contribution is 5.88. The van der Waals surface area contributed by atoms with Gasteiger partial charge in [0.1, 0.15) is 0 Å². The van der Waals surface area contributed by atoms with Crippen molar-refractivity contribution in [3.63, 3.8) is 0 Å². The van der Waals surface area contributed by atoms with Crippen LogP contribution in [0.3, 0.4) is 0 Å². The average Bonchev–Trinajstić information content (AvgIpc) is 2.46. The molecular weight excluding hydrogens is 260 g/mol. The summed E-state index contributed by atoms with van der Waals surface area (Å²) in [5.41, 5.74) is 4.59. The minimum Gasteiger partial charge on any atom is -0.326 e. The molecule has 21 heavy (non-hydrogen) atoms. The third-order valence-corrected chi connectivity index (χ3v) is 3.46. The first-order chi connectivity index (χ1) is 10.0. The van der Waals surface area contributed by atoms with Gasteiger partial charge in [-0.05, 0) is 37.1 Å². The van der Waals surface area contributed by atoms with Crippen molar-refractivity contribution in [1.29, 1.82) is 0 Å². The van der Waals surface area contributed by atoms with Crippen molar-refractivity contribution in [2.75, 3.05) is 5.32 Å². The molecule has 0 bridgehead atoms. The lowest BCUT2D eigenvalue weighted by atomic mass is 10.1. The Morgan fingerprint density at radius 2 is 1.67 bits per heavy atom. The molecule has 0 aliphatic heterocycles. The quantitative estimate of drug-likeness (QED) is 0.875. The van der Waals surface area contributed by atoms with Crippen LogP contribution in [0, 0.1) is 6.92 Å². The molecule has 0 fully saturated rings. The Kier molecular flexibility index (Phi) is 5.12. The molecule has 2 aromatic carbocycles. The highest BCUT2D eigenvalue weighted by Gasteiger charge is 2.04. The molecule has 1 amide bonds. The van der Waals surface area contributed by atoms with Crippen molar-refractivity contribution in [3.8, 4) is 0 Å². The molecule has 2 rings (SSSR count). The van der Waals surface area contributed by atoms with Gasteiger partial charge >= 0.3 is 0 Å². The number of hydrogen-bond donors (Lipinski definition) is 2. The Labute approximate surface area is 126 Å². The lowest BCUT2D eigenvalue weighted by molar-refractivity contribution is -0.114. The summed E-state index contributed by atoms with van der Waals surface area (Å²) >= 11 is 0. The molecule has 0 aromatic heterocycles. The van der Waals surface area contributed by atoms with Gasteiger partial charge in [0, 0.05) is 25.2 Å². The van der Waals surface area contributed by atoms with Crippen molar-refractivity contribution in [1.82, 2.24) is 5.32 Å². The van der Waals surface area contributed by atoms with E-state index in [9.17, 15) is 4.79 Å². The van der Waals surface area contributed by atoms with Gasteiger partial charge in [0.25, 0.3) is 0 Å². The first-order valence-corrected chi connectivity index (χ1v) is 7.21. The maximum Gasteiger partial charge on any atom is 0.221 e. The third-order valence-electron chi connectivity index (χ3n) is 3.46. The second-order valence-electron chi connectivity index (χ2n) is 5.39. The molecule has 2 aromatic rings. The Morgan fingerprint density at radius 1 is 1.05 bits per heavy atom. The topological polar surface area (TPSA) is 41.1 Å². The van der Waals surface area contributed by atoms with Gasteiger partial charge in [-0.15, -0.1) is 0 Å². The van der Waals surface area contributed by atoms with E-state index in [2.05, 4.69) is 48.7 Å². The second-order valence-corrected chi connectivity index (χ2v) is 5.39. The van der Waals surface area contributed by atoms with E-state index in [0.29, 0.717) is 6.04 Å². The van der Waals surface area contributed by atoms with Gasteiger partial charge in [-0.25, -0.2) is 0 Å². The first kappa shape index (κ1) is 15.3. The molecular formula is C18H22N2O. The number of amides is 1. The fourth-order valence-corrected chi connectivity index (χ4v) is 2.15. The van der Waals surface area contributed by atoms with Gasteiger partial charge in [-0.3, -0.25) is 4.79 Å². The van der Waals surface area contributed by atoms with Crippen molar-refractivity contribution >= 4 is 11.6 Å². The monoisotopic (exact) mass is 282 g/mol.